The van der Waals surface area contributed by atoms with Crippen molar-refractivity contribution in [2.75, 3.05) is 22.1 Å². The lowest BCUT2D eigenvalue weighted by atomic mass is 9.92. The van der Waals surface area contributed by atoms with Crippen molar-refractivity contribution in [1.29, 1.82) is 0 Å². The number of rotatable bonds is 3. The molecule has 2 aromatic rings. The Labute approximate surface area is 179 Å². The fraction of sp³-hybridized carbons (Fsp3) is 0.429. The zero-order valence-corrected chi connectivity index (χ0v) is 17.7. The van der Waals surface area contributed by atoms with Crippen LogP contribution in [-0.2, 0) is 9.59 Å². The van der Waals surface area contributed by atoms with Crippen LogP contribution in [0.2, 0.25) is 5.02 Å². The van der Waals surface area contributed by atoms with Crippen molar-refractivity contribution in [2.45, 2.75) is 51.5 Å². The van der Waals surface area contributed by atoms with E-state index in [4.69, 9.17) is 11.6 Å². The molecular formula is C21H24ClN5O3. The second-order valence-electron chi connectivity index (χ2n) is 7.95. The van der Waals surface area contributed by atoms with E-state index in [0.29, 0.717) is 16.7 Å². The van der Waals surface area contributed by atoms with Crippen LogP contribution in [0.5, 0.6) is 0 Å². The minimum atomic E-state index is -0.932. The summed E-state index contributed by atoms with van der Waals surface area (Å²) in [5.74, 6) is -1.14. The molecule has 4 rings (SSSR count). The third-order valence-electron chi connectivity index (χ3n) is 5.77. The molecule has 30 heavy (non-hydrogen) atoms. The van der Waals surface area contributed by atoms with Gasteiger partial charge in [-0.05, 0) is 50.8 Å². The second-order valence-corrected chi connectivity index (χ2v) is 8.36. The van der Waals surface area contributed by atoms with Gasteiger partial charge in [-0.3, -0.25) is 19.4 Å². The van der Waals surface area contributed by atoms with Crippen molar-refractivity contribution in [2.24, 2.45) is 0 Å². The standard InChI is InChI=1S/C21H24ClN5O3/c1-11-6-7-13(9-15(11)22)23-19(29)14-10-16(28)24-18-17(14)20(30)26-21(25-18)27-8-4-3-5-12(27)2/h6-7,9,12,14H,3-5,8,10H2,1-2H3,(H,23,29)(H2,24,25,26,28,30)/t12-,14+/m1/s1. The highest BCUT2D eigenvalue weighted by atomic mass is 35.5. The fourth-order valence-corrected chi connectivity index (χ4v) is 4.21. The zero-order valence-electron chi connectivity index (χ0n) is 16.9. The number of nitrogens with zero attached hydrogens (tertiary/aromatic N) is 2. The number of halogens is 1. The summed E-state index contributed by atoms with van der Waals surface area (Å²) in [5.41, 5.74) is 1.16. The molecule has 2 aliphatic heterocycles. The van der Waals surface area contributed by atoms with Gasteiger partial charge < -0.3 is 15.5 Å². The normalized spacial score (nSPS) is 21.0. The number of benzene rings is 1. The predicted octanol–water partition coefficient (Wildman–Crippen LogP) is 3.18. The lowest BCUT2D eigenvalue weighted by molar-refractivity contribution is -0.123. The maximum atomic E-state index is 12.9. The van der Waals surface area contributed by atoms with Crippen LogP contribution in [-0.4, -0.2) is 34.4 Å². The molecule has 1 aromatic carbocycles. The molecular weight excluding hydrogens is 406 g/mol. The number of amides is 2. The number of nitrogens with one attached hydrogen (secondary N) is 3. The molecule has 158 valence electrons. The van der Waals surface area contributed by atoms with Gasteiger partial charge in [-0.2, -0.15) is 4.98 Å². The van der Waals surface area contributed by atoms with E-state index in [1.807, 2.05) is 11.8 Å². The second kappa shape index (κ2) is 8.10. The summed E-state index contributed by atoms with van der Waals surface area (Å²) in [7, 11) is 0. The van der Waals surface area contributed by atoms with Crippen LogP contribution < -0.4 is 21.1 Å². The lowest BCUT2D eigenvalue weighted by Crippen LogP contribution is -2.41. The quantitative estimate of drug-likeness (QED) is 0.694. The number of aromatic nitrogens is 2. The molecule has 0 spiro atoms. The van der Waals surface area contributed by atoms with Crippen molar-refractivity contribution in [3.63, 3.8) is 0 Å². The predicted molar refractivity (Wildman–Crippen MR) is 116 cm³/mol. The molecule has 3 heterocycles. The number of aryl methyl sites for hydroxylation is 1. The maximum Gasteiger partial charge on any atom is 0.258 e. The molecule has 9 heteroatoms. The minimum Gasteiger partial charge on any atom is -0.340 e. The third-order valence-corrected chi connectivity index (χ3v) is 6.18. The first kappa shape index (κ1) is 20.4. The average Bonchev–Trinajstić information content (AvgIpc) is 2.70. The molecule has 8 nitrogen and oxygen atoms in total. The minimum absolute atomic E-state index is 0.122. The molecule has 0 unspecified atom stereocenters. The van der Waals surface area contributed by atoms with Gasteiger partial charge in [0, 0.05) is 29.7 Å². The average molecular weight is 430 g/mol. The monoisotopic (exact) mass is 429 g/mol. The van der Waals surface area contributed by atoms with E-state index in [1.54, 1.807) is 18.2 Å². The molecule has 0 aliphatic carbocycles. The SMILES string of the molecule is Cc1ccc(NC(=O)[C@H]2CC(=O)Nc3nc(N4CCCC[C@H]4C)[nH]c(=O)c32)cc1Cl. The molecule has 3 N–H and O–H groups in total. The largest absolute Gasteiger partial charge is 0.340 e. The van der Waals surface area contributed by atoms with Crippen LogP contribution in [0.4, 0.5) is 17.5 Å². The molecule has 1 aromatic heterocycles. The summed E-state index contributed by atoms with van der Waals surface area (Å²) in [6.45, 7) is 4.73. The Morgan fingerprint density at radius 3 is 2.83 bits per heavy atom. The van der Waals surface area contributed by atoms with Crippen molar-refractivity contribution >= 4 is 40.9 Å². The van der Waals surface area contributed by atoms with Crippen LogP contribution in [0.25, 0.3) is 0 Å². The molecule has 1 fully saturated rings. The number of fused-ring (bicyclic) bond motifs is 1. The van der Waals surface area contributed by atoms with Gasteiger partial charge >= 0.3 is 0 Å². The first-order chi connectivity index (χ1) is 14.3. The van der Waals surface area contributed by atoms with Crippen molar-refractivity contribution in [3.05, 3.63) is 44.7 Å². The van der Waals surface area contributed by atoms with Crippen LogP contribution in [0.3, 0.4) is 0 Å². The van der Waals surface area contributed by atoms with Crippen molar-refractivity contribution in [3.8, 4) is 0 Å². The highest BCUT2D eigenvalue weighted by Gasteiger charge is 2.35. The van der Waals surface area contributed by atoms with Crippen LogP contribution in [0.1, 0.15) is 49.7 Å². The summed E-state index contributed by atoms with van der Waals surface area (Å²) in [6, 6.07) is 5.40. The van der Waals surface area contributed by atoms with Crippen molar-refractivity contribution < 1.29 is 9.59 Å². The van der Waals surface area contributed by atoms with Crippen LogP contribution in [0, 0.1) is 6.92 Å². The highest BCUT2D eigenvalue weighted by molar-refractivity contribution is 6.31. The van der Waals surface area contributed by atoms with E-state index in [-0.39, 0.29) is 29.8 Å². The Kier molecular flexibility index (Phi) is 5.51. The first-order valence-corrected chi connectivity index (χ1v) is 10.5. The van der Waals surface area contributed by atoms with E-state index >= 15 is 0 Å². The number of aromatic amines is 1. The molecule has 1 saturated heterocycles. The Hall–Kier alpha value is -2.87. The summed E-state index contributed by atoms with van der Waals surface area (Å²) >= 11 is 6.13. The smallest absolute Gasteiger partial charge is 0.258 e. The molecule has 2 amide bonds. The highest BCUT2D eigenvalue weighted by Crippen LogP contribution is 2.31. The van der Waals surface area contributed by atoms with E-state index in [1.165, 1.54) is 0 Å². The van der Waals surface area contributed by atoms with E-state index in [2.05, 4.69) is 27.5 Å². The van der Waals surface area contributed by atoms with Gasteiger partial charge in [-0.15, -0.1) is 0 Å². The third kappa shape index (κ3) is 3.92. The van der Waals surface area contributed by atoms with Crippen LogP contribution in [0.15, 0.2) is 23.0 Å². The van der Waals surface area contributed by atoms with Gasteiger partial charge in [0.05, 0.1) is 11.5 Å². The van der Waals surface area contributed by atoms with Crippen molar-refractivity contribution in [1.82, 2.24) is 9.97 Å². The summed E-state index contributed by atoms with van der Waals surface area (Å²) in [5, 5.41) is 5.94. The molecule has 2 atom stereocenters. The lowest BCUT2D eigenvalue weighted by Gasteiger charge is -2.34. The topological polar surface area (TPSA) is 107 Å². The fourth-order valence-electron chi connectivity index (χ4n) is 4.03. The van der Waals surface area contributed by atoms with E-state index in [9.17, 15) is 14.4 Å². The summed E-state index contributed by atoms with van der Waals surface area (Å²) in [6.07, 6.45) is 3.04. The number of carbonyl (C=O) groups excluding carboxylic acids is 2. The number of piperidine rings is 1. The van der Waals surface area contributed by atoms with E-state index in [0.717, 1.165) is 31.4 Å². The molecule has 0 saturated carbocycles. The Balaban J connectivity index is 1.65. The maximum absolute atomic E-state index is 12.9. The molecule has 0 bridgehead atoms. The van der Waals surface area contributed by atoms with E-state index < -0.39 is 17.4 Å². The number of H-pyrrole nitrogens is 1. The Morgan fingerprint density at radius 1 is 1.30 bits per heavy atom. The van der Waals surface area contributed by atoms with Gasteiger partial charge in [0.1, 0.15) is 5.82 Å². The van der Waals surface area contributed by atoms with Gasteiger partial charge in [0.15, 0.2) is 0 Å². The number of hydrogen-bond donors (Lipinski definition) is 3. The van der Waals surface area contributed by atoms with Gasteiger partial charge in [-0.1, -0.05) is 17.7 Å². The molecule has 2 aliphatic rings. The Morgan fingerprint density at radius 2 is 2.10 bits per heavy atom. The summed E-state index contributed by atoms with van der Waals surface area (Å²) < 4.78 is 0. The first-order valence-electron chi connectivity index (χ1n) is 10.1. The number of anilines is 3. The van der Waals surface area contributed by atoms with Gasteiger partial charge in [-0.25, -0.2) is 0 Å². The number of hydrogen-bond acceptors (Lipinski definition) is 5. The van der Waals surface area contributed by atoms with Gasteiger partial charge in [0.2, 0.25) is 17.8 Å². The zero-order chi connectivity index (χ0) is 21.4. The van der Waals surface area contributed by atoms with Gasteiger partial charge in [0.25, 0.3) is 5.56 Å². The van der Waals surface area contributed by atoms with Crippen LogP contribution >= 0.6 is 11.6 Å². The Bertz CT molecular complexity index is 1070. The number of carbonyl (C=O) groups is 2. The summed E-state index contributed by atoms with van der Waals surface area (Å²) in [4.78, 5) is 47.5. The molecule has 0 radical (unpaired) electrons.